The van der Waals surface area contributed by atoms with Gasteiger partial charge in [0, 0.05) is 38.3 Å². The van der Waals surface area contributed by atoms with Gasteiger partial charge in [0.15, 0.2) is 0 Å². The molecule has 0 saturated carbocycles. The van der Waals surface area contributed by atoms with Gasteiger partial charge in [-0.05, 0) is 20.4 Å². The molecule has 0 atom stereocenters. The maximum absolute atomic E-state index is 12.9. The van der Waals surface area contributed by atoms with Gasteiger partial charge in [0.05, 0.1) is 24.9 Å². The van der Waals surface area contributed by atoms with E-state index in [1.54, 1.807) is 30.9 Å². The van der Waals surface area contributed by atoms with Gasteiger partial charge in [-0.15, -0.1) is 0 Å². The number of carbonyl (C=O) groups excluding carboxylic acids is 2. The highest BCUT2D eigenvalue weighted by atomic mass is 35.5. The summed E-state index contributed by atoms with van der Waals surface area (Å²) in [6, 6.07) is 3.15. The highest BCUT2D eigenvalue weighted by molar-refractivity contribution is 6.32. The fraction of sp³-hybridized carbons (Fsp3) is 0.579. The standard InChI is InChI=1S/C19H28ClN3O4/c1-6-22-7-9-23(10-8-22)18(25)19(2,3)17(24)21-14-12-15(26-4)13(20)11-16(14)27-5/h11-12H,6-10H2,1-5H3,(H,21,24). The molecule has 0 aliphatic carbocycles. The number of amides is 2. The SMILES string of the molecule is CCN1CCN(C(=O)C(C)(C)C(=O)Nc2cc(OC)c(Cl)cc2OC)CC1. The van der Waals surface area contributed by atoms with Crippen LogP contribution in [-0.2, 0) is 9.59 Å². The third-order valence-corrected chi connectivity index (χ3v) is 5.23. The van der Waals surface area contributed by atoms with E-state index in [2.05, 4.69) is 17.1 Å². The number of methoxy groups -OCH3 is 2. The number of piperazine rings is 1. The van der Waals surface area contributed by atoms with Crippen LogP contribution >= 0.6 is 11.6 Å². The van der Waals surface area contributed by atoms with Gasteiger partial charge >= 0.3 is 0 Å². The molecule has 0 radical (unpaired) electrons. The topological polar surface area (TPSA) is 71.1 Å². The molecule has 1 aromatic rings. The lowest BCUT2D eigenvalue weighted by Gasteiger charge is -2.37. The van der Waals surface area contributed by atoms with Crippen LogP contribution in [0.15, 0.2) is 12.1 Å². The molecule has 1 saturated heterocycles. The molecule has 1 heterocycles. The summed E-state index contributed by atoms with van der Waals surface area (Å²) in [5, 5.41) is 3.15. The minimum Gasteiger partial charge on any atom is -0.495 e. The third kappa shape index (κ3) is 4.65. The summed E-state index contributed by atoms with van der Waals surface area (Å²) >= 11 is 6.10. The number of ether oxygens (including phenoxy) is 2. The molecule has 0 spiro atoms. The summed E-state index contributed by atoms with van der Waals surface area (Å²) in [6.07, 6.45) is 0. The summed E-state index contributed by atoms with van der Waals surface area (Å²) in [7, 11) is 2.97. The first-order valence-corrected chi connectivity index (χ1v) is 9.37. The Morgan fingerprint density at radius 2 is 1.70 bits per heavy atom. The second-order valence-corrected chi connectivity index (χ2v) is 7.40. The lowest BCUT2D eigenvalue weighted by atomic mass is 9.89. The molecular weight excluding hydrogens is 370 g/mol. The van der Waals surface area contributed by atoms with E-state index in [-0.39, 0.29) is 5.91 Å². The molecule has 0 bridgehead atoms. The van der Waals surface area contributed by atoms with Crippen LogP contribution in [0.2, 0.25) is 5.02 Å². The van der Waals surface area contributed by atoms with Crippen molar-refractivity contribution in [1.82, 2.24) is 9.80 Å². The van der Waals surface area contributed by atoms with Crippen molar-refractivity contribution in [2.24, 2.45) is 5.41 Å². The number of carbonyl (C=O) groups is 2. The Hall–Kier alpha value is -1.99. The summed E-state index contributed by atoms with van der Waals surface area (Å²) in [5.41, 5.74) is -0.813. The van der Waals surface area contributed by atoms with Gasteiger partial charge in [0.25, 0.3) is 0 Å². The van der Waals surface area contributed by atoms with Crippen LogP contribution in [0, 0.1) is 5.41 Å². The normalized spacial score (nSPS) is 15.4. The maximum Gasteiger partial charge on any atom is 0.239 e. The van der Waals surface area contributed by atoms with Crippen molar-refractivity contribution in [1.29, 1.82) is 0 Å². The second-order valence-electron chi connectivity index (χ2n) is 6.99. The molecule has 1 fully saturated rings. The average Bonchev–Trinajstić information content (AvgIpc) is 2.68. The molecule has 150 valence electrons. The third-order valence-electron chi connectivity index (χ3n) is 4.93. The smallest absolute Gasteiger partial charge is 0.239 e. The molecule has 1 aromatic carbocycles. The molecule has 0 unspecified atom stereocenters. The van der Waals surface area contributed by atoms with Crippen LogP contribution in [0.1, 0.15) is 20.8 Å². The summed E-state index contributed by atoms with van der Waals surface area (Å²) in [4.78, 5) is 29.9. The fourth-order valence-corrected chi connectivity index (χ4v) is 3.23. The van der Waals surface area contributed by atoms with Crippen LogP contribution in [0.3, 0.4) is 0 Å². The minimum atomic E-state index is -1.22. The van der Waals surface area contributed by atoms with Crippen molar-refractivity contribution in [2.45, 2.75) is 20.8 Å². The Bertz CT molecular complexity index is 700. The van der Waals surface area contributed by atoms with E-state index in [0.717, 1.165) is 19.6 Å². The van der Waals surface area contributed by atoms with E-state index in [1.165, 1.54) is 14.2 Å². The van der Waals surface area contributed by atoms with Crippen LogP contribution in [0.5, 0.6) is 11.5 Å². The number of anilines is 1. The van der Waals surface area contributed by atoms with E-state index in [0.29, 0.717) is 35.3 Å². The first kappa shape index (κ1) is 21.3. The van der Waals surface area contributed by atoms with E-state index in [9.17, 15) is 9.59 Å². The van der Waals surface area contributed by atoms with Crippen LogP contribution in [0.4, 0.5) is 5.69 Å². The van der Waals surface area contributed by atoms with Crippen molar-refractivity contribution in [2.75, 3.05) is 52.3 Å². The van der Waals surface area contributed by atoms with Crippen LogP contribution < -0.4 is 14.8 Å². The maximum atomic E-state index is 12.9. The molecule has 1 N–H and O–H groups in total. The largest absolute Gasteiger partial charge is 0.495 e. The van der Waals surface area contributed by atoms with Gasteiger partial charge in [-0.3, -0.25) is 9.59 Å². The Labute approximate surface area is 165 Å². The highest BCUT2D eigenvalue weighted by Gasteiger charge is 2.40. The zero-order chi connectivity index (χ0) is 20.2. The number of likely N-dealkylation sites (N-methyl/N-ethyl adjacent to an activating group) is 1. The zero-order valence-corrected chi connectivity index (χ0v) is 17.4. The summed E-state index contributed by atoms with van der Waals surface area (Å²) < 4.78 is 10.5. The molecule has 27 heavy (non-hydrogen) atoms. The van der Waals surface area contributed by atoms with Gasteiger partial charge < -0.3 is 24.6 Å². The molecule has 1 aliphatic rings. The highest BCUT2D eigenvalue weighted by Crippen LogP contribution is 2.36. The van der Waals surface area contributed by atoms with E-state index >= 15 is 0 Å². The van der Waals surface area contributed by atoms with Crippen molar-refractivity contribution < 1.29 is 19.1 Å². The molecule has 2 rings (SSSR count). The fourth-order valence-electron chi connectivity index (χ4n) is 3.00. The van der Waals surface area contributed by atoms with E-state index in [1.807, 2.05) is 0 Å². The molecule has 8 heteroatoms. The van der Waals surface area contributed by atoms with Gasteiger partial charge in [-0.25, -0.2) is 0 Å². The first-order valence-electron chi connectivity index (χ1n) is 8.99. The van der Waals surface area contributed by atoms with Gasteiger partial charge in [-0.2, -0.15) is 0 Å². The quantitative estimate of drug-likeness (QED) is 0.747. The number of nitrogens with one attached hydrogen (secondary N) is 1. The first-order chi connectivity index (χ1) is 12.7. The Kier molecular flexibility index (Phi) is 6.95. The van der Waals surface area contributed by atoms with Crippen molar-refractivity contribution in [3.8, 4) is 11.5 Å². The Balaban J connectivity index is 2.15. The average molecular weight is 398 g/mol. The monoisotopic (exact) mass is 397 g/mol. The number of nitrogens with zero attached hydrogens (tertiary/aromatic N) is 2. The molecular formula is C19H28ClN3O4. The van der Waals surface area contributed by atoms with Gasteiger partial charge in [0.2, 0.25) is 11.8 Å². The number of hydrogen-bond acceptors (Lipinski definition) is 5. The van der Waals surface area contributed by atoms with E-state index in [4.69, 9.17) is 21.1 Å². The number of rotatable bonds is 6. The zero-order valence-electron chi connectivity index (χ0n) is 16.6. The van der Waals surface area contributed by atoms with E-state index < -0.39 is 11.3 Å². The predicted molar refractivity (Wildman–Crippen MR) is 106 cm³/mol. The number of hydrogen-bond donors (Lipinski definition) is 1. The molecule has 7 nitrogen and oxygen atoms in total. The molecule has 1 aliphatic heterocycles. The molecule has 2 amide bonds. The van der Waals surface area contributed by atoms with Crippen molar-refractivity contribution in [3.63, 3.8) is 0 Å². The lowest BCUT2D eigenvalue weighted by molar-refractivity contribution is -0.147. The van der Waals surface area contributed by atoms with Crippen LogP contribution in [0.25, 0.3) is 0 Å². The minimum absolute atomic E-state index is 0.185. The number of halogens is 1. The van der Waals surface area contributed by atoms with Gasteiger partial charge in [-0.1, -0.05) is 18.5 Å². The van der Waals surface area contributed by atoms with Crippen molar-refractivity contribution in [3.05, 3.63) is 17.2 Å². The molecule has 0 aromatic heterocycles. The lowest BCUT2D eigenvalue weighted by Crippen LogP contribution is -2.54. The predicted octanol–water partition coefficient (Wildman–Crippen LogP) is 2.49. The Morgan fingerprint density at radius 3 is 2.22 bits per heavy atom. The van der Waals surface area contributed by atoms with Gasteiger partial charge in [0.1, 0.15) is 16.9 Å². The summed E-state index contributed by atoms with van der Waals surface area (Å²) in [6.45, 7) is 9.23. The second kappa shape index (κ2) is 8.80. The van der Waals surface area contributed by atoms with Crippen molar-refractivity contribution >= 4 is 29.1 Å². The Morgan fingerprint density at radius 1 is 1.11 bits per heavy atom. The van der Waals surface area contributed by atoms with Crippen LogP contribution in [-0.4, -0.2) is 68.6 Å². The number of benzene rings is 1. The summed E-state index contributed by atoms with van der Waals surface area (Å²) in [5.74, 6) is 0.213.